The number of fused-ring (bicyclic) bond motifs is 1. The van der Waals surface area contributed by atoms with Crippen molar-refractivity contribution in [2.24, 2.45) is 0 Å². The third kappa shape index (κ3) is 3.18. The highest BCUT2D eigenvalue weighted by atomic mass is 79.9. The van der Waals surface area contributed by atoms with Gasteiger partial charge in [0.15, 0.2) is 0 Å². The van der Waals surface area contributed by atoms with E-state index in [2.05, 4.69) is 68.9 Å². The average Bonchev–Trinajstić information content (AvgIpc) is 2.91. The molecular weight excluding hydrogens is 344 g/mol. The summed E-state index contributed by atoms with van der Waals surface area (Å²) in [6.45, 7) is 3.06. The molecule has 0 aliphatic rings. The van der Waals surface area contributed by atoms with E-state index < -0.39 is 0 Å². The van der Waals surface area contributed by atoms with Crippen molar-refractivity contribution in [3.05, 3.63) is 63.7 Å². The molecule has 0 saturated carbocycles. The lowest BCUT2D eigenvalue weighted by molar-refractivity contribution is 0.536. The quantitative estimate of drug-likeness (QED) is 0.695. The second kappa shape index (κ2) is 6.69. The van der Waals surface area contributed by atoms with E-state index in [1.807, 2.05) is 23.6 Å². The van der Waals surface area contributed by atoms with Crippen LogP contribution in [0.15, 0.2) is 52.4 Å². The Labute approximate surface area is 137 Å². The maximum absolute atomic E-state index is 4.55. The number of likely N-dealkylation sites (N-methyl/N-ethyl adjacent to an activating group) is 1. The molecule has 1 atom stereocenters. The highest BCUT2D eigenvalue weighted by molar-refractivity contribution is 9.10. The van der Waals surface area contributed by atoms with Crippen LogP contribution in [0.1, 0.15) is 24.2 Å². The first-order valence-corrected chi connectivity index (χ1v) is 8.75. The smallest absolute Gasteiger partial charge is 0.0718 e. The molecular formula is C17H17BrN2S. The molecule has 21 heavy (non-hydrogen) atoms. The van der Waals surface area contributed by atoms with Crippen LogP contribution in [0.3, 0.4) is 0 Å². The molecule has 0 fully saturated rings. The summed E-state index contributed by atoms with van der Waals surface area (Å²) >= 11 is 5.43. The fourth-order valence-corrected chi connectivity index (χ4v) is 4.08. The Balaban J connectivity index is 1.94. The van der Waals surface area contributed by atoms with Gasteiger partial charge in [-0.25, -0.2) is 0 Å². The van der Waals surface area contributed by atoms with Crippen LogP contribution in [0.5, 0.6) is 0 Å². The Kier molecular flexibility index (Phi) is 4.68. The van der Waals surface area contributed by atoms with Gasteiger partial charge in [0, 0.05) is 15.4 Å². The molecule has 0 radical (unpaired) electrons. The Bertz CT molecular complexity index is 738. The van der Waals surface area contributed by atoms with Crippen LogP contribution in [-0.2, 0) is 6.42 Å². The normalized spacial score (nSPS) is 12.7. The van der Waals surface area contributed by atoms with Gasteiger partial charge in [-0.2, -0.15) is 0 Å². The Morgan fingerprint density at radius 3 is 2.90 bits per heavy atom. The third-order valence-electron chi connectivity index (χ3n) is 3.55. The van der Waals surface area contributed by atoms with Gasteiger partial charge in [0.05, 0.1) is 11.7 Å². The number of thiophene rings is 1. The van der Waals surface area contributed by atoms with Crippen LogP contribution in [-0.4, -0.2) is 11.5 Å². The van der Waals surface area contributed by atoms with E-state index in [0.29, 0.717) is 0 Å². The van der Waals surface area contributed by atoms with Crippen LogP contribution in [0.2, 0.25) is 0 Å². The van der Waals surface area contributed by atoms with E-state index in [-0.39, 0.29) is 6.04 Å². The summed E-state index contributed by atoms with van der Waals surface area (Å²) in [6, 6.07) is 12.8. The van der Waals surface area contributed by atoms with Gasteiger partial charge in [-0.05, 0) is 63.4 Å². The summed E-state index contributed by atoms with van der Waals surface area (Å²) < 4.78 is 2.42. The molecule has 1 N–H and O–H groups in total. The number of nitrogens with one attached hydrogen (secondary N) is 1. The minimum atomic E-state index is 0.226. The van der Waals surface area contributed by atoms with Crippen molar-refractivity contribution in [2.75, 3.05) is 6.54 Å². The molecule has 1 aromatic carbocycles. The number of benzene rings is 1. The lowest BCUT2D eigenvalue weighted by atomic mass is 10.0. The fourth-order valence-electron chi connectivity index (χ4n) is 2.58. The predicted octanol–water partition coefficient (Wildman–Crippen LogP) is 4.95. The molecule has 0 aliphatic heterocycles. The van der Waals surface area contributed by atoms with Gasteiger partial charge in [-0.15, -0.1) is 11.3 Å². The van der Waals surface area contributed by atoms with Crippen molar-refractivity contribution in [2.45, 2.75) is 19.4 Å². The molecule has 0 aliphatic carbocycles. The molecule has 1 unspecified atom stereocenters. The van der Waals surface area contributed by atoms with Gasteiger partial charge >= 0.3 is 0 Å². The minimum Gasteiger partial charge on any atom is -0.309 e. The molecule has 0 amide bonds. The second-order valence-corrected chi connectivity index (χ2v) is 6.71. The van der Waals surface area contributed by atoms with Crippen molar-refractivity contribution in [1.29, 1.82) is 0 Å². The van der Waals surface area contributed by atoms with E-state index in [9.17, 15) is 0 Å². The number of pyridine rings is 1. The lowest BCUT2D eigenvalue weighted by Gasteiger charge is -2.18. The van der Waals surface area contributed by atoms with Crippen molar-refractivity contribution in [1.82, 2.24) is 10.3 Å². The molecule has 4 heteroatoms. The van der Waals surface area contributed by atoms with Crippen LogP contribution in [0, 0.1) is 0 Å². The summed E-state index contributed by atoms with van der Waals surface area (Å²) in [5, 5.41) is 7.18. The second-order valence-electron chi connectivity index (χ2n) is 4.94. The lowest BCUT2D eigenvalue weighted by Crippen LogP contribution is -2.24. The van der Waals surface area contributed by atoms with Crippen molar-refractivity contribution >= 4 is 37.4 Å². The SMILES string of the molecule is CCNC(Cc1csc2ccccc12)c1ncccc1Br. The van der Waals surface area contributed by atoms with Gasteiger partial charge in [0.1, 0.15) is 0 Å². The summed E-state index contributed by atoms with van der Waals surface area (Å²) in [5.41, 5.74) is 2.47. The Morgan fingerprint density at radius 1 is 1.24 bits per heavy atom. The van der Waals surface area contributed by atoms with Gasteiger partial charge in [0.2, 0.25) is 0 Å². The summed E-state index contributed by atoms with van der Waals surface area (Å²) in [5.74, 6) is 0. The number of hydrogen-bond acceptors (Lipinski definition) is 3. The largest absolute Gasteiger partial charge is 0.309 e. The number of nitrogens with zero attached hydrogens (tertiary/aromatic N) is 1. The van der Waals surface area contributed by atoms with E-state index >= 15 is 0 Å². The third-order valence-corrected chi connectivity index (χ3v) is 5.24. The van der Waals surface area contributed by atoms with Crippen LogP contribution >= 0.6 is 27.3 Å². The number of rotatable bonds is 5. The molecule has 3 rings (SSSR count). The van der Waals surface area contributed by atoms with Crippen molar-refractivity contribution in [3.63, 3.8) is 0 Å². The monoisotopic (exact) mass is 360 g/mol. The molecule has 0 spiro atoms. The van der Waals surface area contributed by atoms with Crippen LogP contribution in [0.4, 0.5) is 0 Å². The molecule has 108 valence electrons. The molecule has 0 bridgehead atoms. The zero-order chi connectivity index (χ0) is 14.7. The first-order valence-electron chi connectivity index (χ1n) is 7.08. The van der Waals surface area contributed by atoms with Crippen molar-refractivity contribution < 1.29 is 0 Å². The first-order chi connectivity index (χ1) is 10.3. The minimum absolute atomic E-state index is 0.226. The predicted molar refractivity (Wildman–Crippen MR) is 93.9 cm³/mol. The molecule has 3 aromatic rings. The van der Waals surface area contributed by atoms with Gasteiger partial charge in [-0.3, -0.25) is 4.98 Å². The highest BCUT2D eigenvalue weighted by Gasteiger charge is 2.17. The van der Waals surface area contributed by atoms with E-state index in [4.69, 9.17) is 0 Å². The Morgan fingerprint density at radius 2 is 2.10 bits per heavy atom. The van der Waals surface area contributed by atoms with E-state index in [1.54, 1.807) is 0 Å². The Hall–Kier alpha value is -1.23. The topological polar surface area (TPSA) is 24.9 Å². The summed E-state index contributed by atoms with van der Waals surface area (Å²) in [6.07, 6.45) is 2.81. The number of hydrogen-bond donors (Lipinski definition) is 1. The summed E-state index contributed by atoms with van der Waals surface area (Å²) in [7, 11) is 0. The molecule has 2 heterocycles. The van der Waals surface area contributed by atoms with Gasteiger partial charge in [0.25, 0.3) is 0 Å². The van der Waals surface area contributed by atoms with Crippen LogP contribution in [0.25, 0.3) is 10.1 Å². The maximum Gasteiger partial charge on any atom is 0.0718 e. The fraction of sp³-hybridized carbons (Fsp3) is 0.235. The highest BCUT2D eigenvalue weighted by Crippen LogP contribution is 2.30. The average molecular weight is 361 g/mol. The standard InChI is InChI=1S/C17H17BrN2S/c1-2-19-15(17-14(18)7-5-9-20-17)10-12-11-21-16-8-4-3-6-13(12)16/h3-9,11,15,19H,2,10H2,1H3. The maximum atomic E-state index is 4.55. The molecule has 2 aromatic heterocycles. The molecule has 2 nitrogen and oxygen atoms in total. The van der Waals surface area contributed by atoms with E-state index in [1.165, 1.54) is 15.6 Å². The van der Waals surface area contributed by atoms with Gasteiger partial charge in [-0.1, -0.05) is 25.1 Å². The van der Waals surface area contributed by atoms with Crippen LogP contribution < -0.4 is 5.32 Å². The zero-order valence-electron chi connectivity index (χ0n) is 11.8. The zero-order valence-corrected chi connectivity index (χ0v) is 14.2. The summed E-state index contributed by atoms with van der Waals surface area (Å²) in [4.78, 5) is 4.55. The first kappa shape index (κ1) is 14.7. The van der Waals surface area contributed by atoms with Gasteiger partial charge < -0.3 is 5.32 Å². The number of aromatic nitrogens is 1. The molecule has 0 saturated heterocycles. The van der Waals surface area contributed by atoms with E-state index in [0.717, 1.165) is 23.1 Å². The number of halogens is 1. The van der Waals surface area contributed by atoms with Crippen molar-refractivity contribution in [3.8, 4) is 0 Å².